The molecular weight excluding hydrogens is 420 g/mol. The molecule has 1 aliphatic heterocycles. The summed E-state index contributed by atoms with van der Waals surface area (Å²) in [6, 6.07) is 17.9. The maximum absolute atomic E-state index is 13.6. The Hall–Kier alpha value is -1.99. The fraction of sp³-hybridized carbons (Fsp3) is 0.348. The molecule has 0 spiro atoms. The zero-order valence-corrected chi connectivity index (χ0v) is 19.4. The van der Waals surface area contributed by atoms with E-state index in [0.717, 1.165) is 29.1 Å². The predicted molar refractivity (Wildman–Crippen MR) is 126 cm³/mol. The molecule has 0 radical (unpaired) electrons. The third-order valence-electron chi connectivity index (χ3n) is 4.94. The minimum atomic E-state index is -0.576. The lowest BCUT2D eigenvalue weighted by Crippen LogP contribution is -2.42. The van der Waals surface area contributed by atoms with Gasteiger partial charge in [-0.1, -0.05) is 42.5 Å². The number of likely N-dealkylation sites (N-methyl/N-ethyl adjacent to an activating group) is 1. The Balaban J connectivity index is 0.00000320. The normalized spacial score (nSPS) is 19.2. The summed E-state index contributed by atoms with van der Waals surface area (Å²) in [5.41, 5.74) is 2.98. The number of amides is 1. The van der Waals surface area contributed by atoms with Gasteiger partial charge < -0.3 is 19.3 Å². The number of benzene rings is 2. The van der Waals surface area contributed by atoms with Crippen molar-refractivity contribution in [3.63, 3.8) is 0 Å². The van der Waals surface area contributed by atoms with Gasteiger partial charge >= 0.3 is 0 Å². The molecule has 0 saturated carbocycles. The molecule has 0 aromatic heterocycles. The van der Waals surface area contributed by atoms with Crippen LogP contribution in [0.4, 0.5) is 0 Å². The van der Waals surface area contributed by atoms with Crippen molar-refractivity contribution in [3.8, 4) is 5.75 Å². The maximum Gasteiger partial charge on any atom is 0.257 e. The van der Waals surface area contributed by atoms with Gasteiger partial charge in [-0.3, -0.25) is 4.79 Å². The van der Waals surface area contributed by atoms with Gasteiger partial charge in [0.05, 0.1) is 18.1 Å². The molecule has 7 heteroatoms. The molecule has 0 fully saturated rings. The number of hydrogen-bond acceptors (Lipinski definition) is 5. The van der Waals surface area contributed by atoms with Crippen molar-refractivity contribution in [1.82, 2.24) is 9.80 Å². The zero-order chi connectivity index (χ0) is 20.8. The average molecular weight is 449 g/mol. The lowest BCUT2D eigenvalue weighted by atomic mass is 10.0. The highest BCUT2D eigenvalue weighted by Gasteiger charge is 2.37. The first-order chi connectivity index (χ1) is 14.0. The van der Waals surface area contributed by atoms with Crippen molar-refractivity contribution in [1.29, 1.82) is 0 Å². The molecule has 1 aliphatic rings. The fourth-order valence-corrected chi connectivity index (χ4v) is 4.53. The van der Waals surface area contributed by atoms with E-state index in [4.69, 9.17) is 9.47 Å². The molecule has 1 heterocycles. The summed E-state index contributed by atoms with van der Waals surface area (Å²) < 4.78 is 11.0. The van der Waals surface area contributed by atoms with Crippen LogP contribution in [0.15, 0.2) is 60.0 Å². The third kappa shape index (κ3) is 5.58. The number of hydrogen-bond donors (Lipinski definition) is 0. The molecule has 2 atom stereocenters. The van der Waals surface area contributed by atoms with E-state index in [0.29, 0.717) is 6.54 Å². The first-order valence-electron chi connectivity index (χ1n) is 9.59. The molecule has 0 bridgehead atoms. The molecule has 2 aromatic carbocycles. The topological polar surface area (TPSA) is 42.0 Å². The van der Waals surface area contributed by atoms with E-state index >= 15 is 0 Å². The maximum atomic E-state index is 13.6. The summed E-state index contributed by atoms with van der Waals surface area (Å²) in [4.78, 5) is 17.5. The van der Waals surface area contributed by atoms with E-state index in [1.54, 1.807) is 26.0 Å². The van der Waals surface area contributed by atoms with Gasteiger partial charge in [-0.15, -0.1) is 24.2 Å². The van der Waals surface area contributed by atoms with Crippen LogP contribution in [0.5, 0.6) is 5.75 Å². The summed E-state index contributed by atoms with van der Waals surface area (Å²) in [7, 11) is 7.28. The number of nitrogens with zero attached hydrogens (tertiary/aromatic N) is 2. The lowest BCUT2D eigenvalue weighted by molar-refractivity contribution is -0.138. The van der Waals surface area contributed by atoms with E-state index < -0.39 is 6.10 Å². The molecule has 162 valence electrons. The van der Waals surface area contributed by atoms with Gasteiger partial charge in [-0.05, 0) is 42.8 Å². The van der Waals surface area contributed by atoms with Crippen LogP contribution in [0.25, 0.3) is 5.70 Å². The van der Waals surface area contributed by atoms with Crippen LogP contribution in [-0.4, -0.2) is 63.2 Å². The van der Waals surface area contributed by atoms with Gasteiger partial charge in [0.15, 0.2) is 6.10 Å². The Morgan fingerprint density at radius 2 is 1.70 bits per heavy atom. The van der Waals surface area contributed by atoms with Crippen LogP contribution < -0.4 is 4.74 Å². The van der Waals surface area contributed by atoms with E-state index in [1.165, 1.54) is 0 Å². The summed E-state index contributed by atoms with van der Waals surface area (Å²) in [6.45, 7) is 1.37. The average Bonchev–Trinajstić information content (AvgIpc) is 2.89. The second kappa shape index (κ2) is 11.4. The molecule has 3 rings (SSSR count). The van der Waals surface area contributed by atoms with Gasteiger partial charge in [0.1, 0.15) is 5.75 Å². The van der Waals surface area contributed by atoms with Gasteiger partial charge in [-0.25, -0.2) is 0 Å². The lowest BCUT2D eigenvalue weighted by Gasteiger charge is -2.29. The van der Waals surface area contributed by atoms with E-state index in [9.17, 15) is 4.79 Å². The number of ether oxygens (including phenoxy) is 2. The molecule has 0 N–H and O–H groups in total. The number of rotatable bonds is 7. The standard InChI is InChI=1S/C23H28N2O3S.ClH/c1-24(2)14-15-25-20(17-8-6-5-7-9-17)16-29-22(21(28-4)23(25)26)18-10-12-19(27-3)13-11-18;/h5-13,16,21-22H,14-15H2,1-4H3;1H/t21-,22+;/m1./s1. The molecule has 0 saturated heterocycles. The molecule has 2 aromatic rings. The second-order valence-electron chi connectivity index (χ2n) is 7.15. The molecule has 5 nitrogen and oxygen atoms in total. The predicted octanol–water partition coefficient (Wildman–Crippen LogP) is 4.31. The van der Waals surface area contributed by atoms with Crippen molar-refractivity contribution in [2.75, 3.05) is 41.4 Å². The van der Waals surface area contributed by atoms with Crippen molar-refractivity contribution in [3.05, 3.63) is 71.1 Å². The molecule has 0 aliphatic carbocycles. The number of carbonyl (C=O) groups excluding carboxylic acids is 1. The Labute approximate surface area is 189 Å². The van der Waals surface area contributed by atoms with Crippen LogP contribution in [-0.2, 0) is 9.53 Å². The number of methoxy groups -OCH3 is 2. The van der Waals surface area contributed by atoms with Crippen LogP contribution in [0, 0.1) is 0 Å². The largest absolute Gasteiger partial charge is 0.497 e. The number of thioether (sulfide) groups is 1. The van der Waals surface area contributed by atoms with Crippen LogP contribution >= 0.6 is 24.2 Å². The van der Waals surface area contributed by atoms with E-state index in [2.05, 4.69) is 10.3 Å². The van der Waals surface area contributed by atoms with Crippen LogP contribution in [0.1, 0.15) is 16.4 Å². The summed E-state index contributed by atoms with van der Waals surface area (Å²) in [5.74, 6) is 0.774. The Bertz CT molecular complexity index is 843. The second-order valence-corrected chi connectivity index (χ2v) is 8.16. The highest BCUT2D eigenvalue weighted by molar-refractivity contribution is 8.02. The van der Waals surface area contributed by atoms with Gasteiger partial charge in [0.25, 0.3) is 5.91 Å². The Morgan fingerprint density at radius 3 is 2.27 bits per heavy atom. The van der Waals surface area contributed by atoms with Gasteiger partial charge in [0.2, 0.25) is 0 Å². The number of carbonyl (C=O) groups is 1. The van der Waals surface area contributed by atoms with Crippen LogP contribution in [0.2, 0.25) is 0 Å². The van der Waals surface area contributed by atoms with Crippen molar-refractivity contribution >= 4 is 35.8 Å². The first-order valence-corrected chi connectivity index (χ1v) is 10.5. The molecular formula is C23H29ClN2O3S. The van der Waals surface area contributed by atoms with Gasteiger partial charge in [0, 0.05) is 20.2 Å². The third-order valence-corrected chi connectivity index (χ3v) is 6.11. The Morgan fingerprint density at radius 1 is 1.03 bits per heavy atom. The van der Waals surface area contributed by atoms with Gasteiger partial charge in [-0.2, -0.15) is 0 Å². The minimum Gasteiger partial charge on any atom is -0.497 e. The SMILES string of the molecule is COc1ccc([C@@H]2SC=C(c3ccccc3)N(CCN(C)C)C(=O)[C@@H]2OC)cc1.Cl. The van der Waals surface area contributed by atoms with E-state index in [-0.39, 0.29) is 23.6 Å². The van der Waals surface area contributed by atoms with Crippen molar-refractivity contribution < 1.29 is 14.3 Å². The highest BCUT2D eigenvalue weighted by atomic mass is 35.5. The number of halogens is 1. The molecule has 30 heavy (non-hydrogen) atoms. The summed E-state index contributed by atoms with van der Waals surface area (Å²) in [5, 5.41) is 1.96. The van der Waals surface area contributed by atoms with Crippen LogP contribution in [0.3, 0.4) is 0 Å². The van der Waals surface area contributed by atoms with E-state index in [1.807, 2.05) is 73.6 Å². The van der Waals surface area contributed by atoms with Crippen molar-refractivity contribution in [2.45, 2.75) is 11.4 Å². The summed E-state index contributed by atoms with van der Waals surface area (Å²) in [6.07, 6.45) is -0.576. The monoisotopic (exact) mass is 448 g/mol. The summed E-state index contributed by atoms with van der Waals surface area (Å²) >= 11 is 1.62. The highest BCUT2D eigenvalue weighted by Crippen LogP contribution is 2.41. The Kier molecular flexibility index (Phi) is 9.24. The molecule has 1 amide bonds. The minimum absolute atomic E-state index is 0. The van der Waals surface area contributed by atoms with Crippen molar-refractivity contribution in [2.24, 2.45) is 0 Å². The molecule has 0 unspecified atom stereocenters. The quantitative estimate of drug-likeness (QED) is 0.631. The zero-order valence-electron chi connectivity index (χ0n) is 17.8. The smallest absolute Gasteiger partial charge is 0.257 e. The first kappa shape index (κ1) is 24.3. The fourth-order valence-electron chi connectivity index (χ4n) is 3.31.